The van der Waals surface area contributed by atoms with E-state index in [4.69, 9.17) is 32.3 Å². The highest BCUT2D eigenvalue weighted by atomic mass is 35.5. The van der Waals surface area contributed by atoms with E-state index in [1.807, 2.05) is 0 Å². The van der Waals surface area contributed by atoms with E-state index in [0.29, 0.717) is 23.8 Å². The van der Waals surface area contributed by atoms with Gasteiger partial charge in [-0.05, 0) is 58.0 Å². The molecule has 1 aromatic heterocycles. The first-order chi connectivity index (χ1) is 20.6. The Kier molecular flexibility index (Phi) is 15.8. The zero-order chi connectivity index (χ0) is 32.5. The zero-order valence-electron chi connectivity index (χ0n) is 21.6. The number of rotatable bonds is 12. The van der Waals surface area contributed by atoms with E-state index < -0.39 is 30.7 Å². The maximum Gasteiger partial charge on any atom is 0.433 e. The Balaban J connectivity index is 0.00000529. The van der Waals surface area contributed by atoms with Crippen LogP contribution in [0, 0.1) is 11.4 Å². The second-order valence-electron chi connectivity index (χ2n) is 7.03. The number of azo groups is 1. The van der Waals surface area contributed by atoms with Gasteiger partial charge in [-0.25, -0.2) is 10.1 Å². The largest absolute Gasteiger partial charge is 0.473 e. The van der Waals surface area contributed by atoms with Crippen LogP contribution in [0.3, 0.4) is 0 Å². The number of benzene rings is 2. The number of hydrogen-bond acceptors (Lipinski definition) is 20. The Morgan fingerprint density at radius 1 is 1.04 bits per heavy atom. The summed E-state index contributed by atoms with van der Waals surface area (Å²) in [5.74, 6) is -0.243. The van der Waals surface area contributed by atoms with Gasteiger partial charge in [-0.3, -0.25) is 14.0 Å². The predicted octanol–water partition coefficient (Wildman–Crippen LogP) is 2.82. The van der Waals surface area contributed by atoms with Crippen LogP contribution in [-0.2, 0) is 39.1 Å². The van der Waals surface area contributed by atoms with Crippen LogP contribution in [0.1, 0.15) is 0 Å². The van der Waals surface area contributed by atoms with E-state index in [2.05, 4.69) is 54.3 Å². The van der Waals surface area contributed by atoms with E-state index in [1.54, 1.807) is 6.11 Å². The van der Waals surface area contributed by atoms with E-state index in [-0.39, 0.29) is 71.6 Å². The summed E-state index contributed by atoms with van der Waals surface area (Å²) in [5, 5.41) is 31.9. The molecule has 22 nitrogen and oxygen atoms in total. The van der Waals surface area contributed by atoms with E-state index in [9.17, 15) is 26.2 Å². The average Bonchev–Trinajstić information content (AvgIpc) is 2.90. The first-order valence-corrected chi connectivity index (χ1v) is 15.9. The molecular weight excluding hydrogens is 750 g/mol. The normalized spacial score (nSPS) is 11.1. The van der Waals surface area contributed by atoms with Gasteiger partial charge >= 0.3 is 15.7 Å². The van der Waals surface area contributed by atoms with Crippen molar-refractivity contribution in [3.63, 3.8) is 0 Å². The molecule has 0 saturated heterocycles. The number of halogens is 1. The van der Waals surface area contributed by atoms with Gasteiger partial charge in [-0.15, -0.1) is 14.6 Å². The number of carbonyl (C=O) groups is 1. The van der Waals surface area contributed by atoms with Gasteiger partial charge < -0.3 is 27.1 Å². The molecule has 0 aliphatic carbocycles. The summed E-state index contributed by atoms with van der Waals surface area (Å²) < 4.78 is 71.1. The minimum atomic E-state index is -4.91. The molecule has 11 N–H and O–H groups in total. The molecule has 2 aromatic carbocycles. The van der Waals surface area contributed by atoms with Crippen molar-refractivity contribution in [3.05, 3.63) is 35.6 Å². The number of carboxylic acid groups (broad SMARTS) is 1. The third kappa shape index (κ3) is 13.0. The molecule has 3 aromatic rings. The van der Waals surface area contributed by atoms with E-state index in [0.717, 1.165) is 12.1 Å². The molecule has 0 amide bonds. The molecule has 0 atom stereocenters. The Labute approximate surface area is 274 Å². The lowest BCUT2D eigenvalue weighted by Gasteiger charge is -2.12. The van der Waals surface area contributed by atoms with Crippen LogP contribution in [-0.4, -0.2) is 67.5 Å². The van der Waals surface area contributed by atoms with Crippen molar-refractivity contribution in [1.29, 1.82) is 0 Å². The Bertz CT molecular complexity index is 1870. The molecule has 0 bridgehead atoms. The van der Waals surface area contributed by atoms with Crippen LogP contribution in [0.5, 0.6) is 0 Å². The molecule has 0 fully saturated rings. The molecule has 250 valence electrons. The molecule has 0 radical (unpaired) electrons. The van der Waals surface area contributed by atoms with Crippen LogP contribution in [0.15, 0.2) is 60.4 Å². The Morgan fingerprint density at radius 3 is 2.37 bits per heavy atom. The molecule has 0 unspecified atom stereocenters. The number of nitrogens with one attached hydrogen (secondary N) is 1. The molecule has 0 spiro atoms. The fourth-order valence-electron chi connectivity index (χ4n) is 2.64. The molecule has 0 aliphatic rings. The molecule has 0 saturated carbocycles. The minimum Gasteiger partial charge on any atom is -0.473 e. The van der Waals surface area contributed by atoms with Crippen molar-refractivity contribution in [2.45, 2.75) is 19.8 Å². The highest BCUT2D eigenvalue weighted by Gasteiger charge is 2.18. The molecule has 3 rings (SSSR count). The summed E-state index contributed by atoms with van der Waals surface area (Å²) in [5.41, 5.74) is 5.59. The number of anilines is 3. The van der Waals surface area contributed by atoms with E-state index >= 15 is 0 Å². The Morgan fingerprint density at radius 2 is 1.74 bits per heavy atom. The second-order valence-corrected chi connectivity index (χ2v) is 12.3. The molecule has 0 aliphatic heterocycles. The number of hydrogen-bond donors (Lipinski definition) is 6. The van der Waals surface area contributed by atoms with Crippen LogP contribution < -0.4 is 11.1 Å². The van der Waals surface area contributed by atoms with Crippen molar-refractivity contribution in [1.82, 2.24) is 15.0 Å². The fourth-order valence-corrected chi connectivity index (χ4v) is 5.04. The monoisotopic (exact) mass is 765 g/mol. The smallest absolute Gasteiger partial charge is 0.433 e. The lowest BCUT2D eigenvalue weighted by molar-refractivity contribution is -0.432. The predicted molar refractivity (Wildman–Crippen MR) is 159 cm³/mol. The first-order valence-electron chi connectivity index (χ1n) is 10.3. The maximum absolute atomic E-state index is 12.1. The summed E-state index contributed by atoms with van der Waals surface area (Å²) >= 11 is 7.18. The minimum absolute atomic E-state index is 0. The highest BCUT2D eigenvalue weighted by Crippen LogP contribution is 2.39. The van der Waals surface area contributed by atoms with Crippen molar-refractivity contribution in [2.24, 2.45) is 10.2 Å². The van der Waals surface area contributed by atoms with Crippen molar-refractivity contribution in [3.8, 4) is 11.4 Å². The van der Waals surface area contributed by atoms with Gasteiger partial charge in [0.1, 0.15) is 16.3 Å². The van der Waals surface area contributed by atoms with Crippen molar-refractivity contribution >= 4 is 102 Å². The van der Waals surface area contributed by atoms with Crippen LogP contribution in [0.2, 0.25) is 5.28 Å². The third-order valence-corrected chi connectivity index (χ3v) is 7.31. The van der Waals surface area contributed by atoms with Crippen LogP contribution in [0.4, 0.5) is 33.5 Å². The SMILES string of the molecule is Nc1cc(Nc2nc(Cl)nc(SC(=O)O)n2)c(N=Nc2ccc(SC#COOS(=O)(=O)O)cc2S(=O)(=O)O)cc1SOOO.O.O. The lowest BCUT2D eigenvalue weighted by Crippen LogP contribution is -2.03. The van der Waals surface area contributed by atoms with Gasteiger partial charge in [0, 0.05) is 27.6 Å². The summed E-state index contributed by atoms with van der Waals surface area (Å²) in [6.07, 6.45) is 1.77. The second kappa shape index (κ2) is 17.9. The Hall–Kier alpha value is -3.60. The quantitative estimate of drug-likeness (QED) is 0.0225. The van der Waals surface area contributed by atoms with Crippen molar-refractivity contribution < 1.29 is 70.6 Å². The standard InChI is InChI=1S/C18H12ClN7O13S5.2H2O/c19-15-22-16(24-17(23-15)41-18(27)28)21-11-6-9(20)13(42-38-37-29)7-12(11)26-25-10-2-1-8(5-14(10)43(30,31)32)40-4-3-36-39-44(33,34)35;;/h1-2,5-7,29H,20H2,(H,27,28)(H,30,31,32)(H,33,34,35)(H,21,22,23,24);2*1H2. The number of nitrogens with zero attached hydrogens (tertiary/aromatic N) is 5. The number of thioether (sulfide) groups is 2. The zero-order valence-corrected chi connectivity index (χ0v) is 26.4. The maximum atomic E-state index is 12.1. The van der Waals surface area contributed by atoms with Gasteiger partial charge in [0.25, 0.3) is 10.1 Å². The lowest BCUT2D eigenvalue weighted by atomic mass is 10.2. The molecule has 46 heavy (non-hydrogen) atoms. The van der Waals surface area contributed by atoms with Gasteiger partial charge in [0.05, 0.1) is 22.6 Å². The first kappa shape index (κ1) is 40.4. The summed E-state index contributed by atoms with van der Waals surface area (Å²) in [4.78, 5) is 25.9. The van der Waals surface area contributed by atoms with Gasteiger partial charge in [0.2, 0.25) is 16.4 Å². The van der Waals surface area contributed by atoms with Crippen LogP contribution in [0.25, 0.3) is 0 Å². The molecule has 28 heteroatoms. The number of nitrogen functional groups attached to an aromatic ring is 1. The van der Waals surface area contributed by atoms with Gasteiger partial charge in [-0.1, -0.05) is 5.04 Å². The number of aromatic nitrogens is 3. The molecule has 1 heterocycles. The van der Waals surface area contributed by atoms with Gasteiger partial charge in [-0.2, -0.15) is 31.8 Å². The van der Waals surface area contributed by atoms with E-state index in [1.165, 1.54) is 18.2 Å². The summed E-state index contributed by atoms with van der Waals surface area (Å²) in [6.45, 7) is 0. The fraction of sp³-hybridized carbons (Fsp3) is 0. The van der Waals surface area contributed by atoms with Gasteiger partial charge in [0.15, 0.2) is 6.11 Å². The third-order valence-electron chi connectivity index (χ3n) is 4.14. The average molecular weight is 766 g/mol. The number of nitrogens with two attached hydrogens (primary N) is 1. The summed E-state index contributed by atoms with van der Waals surface area (Å²) in [7, 11) is -9.81. The topological polar surface area (TPSA) is 368 Å². The van der Waals surface area contributed by atoms with Crippen molar-refractivity contribution in [2.75, 3.05) is 11.1 Å². The van der Waals surface area contributed by atoms with Crippen LogP contribution >= 0.6 is 47.2 Å². The highest BCUT2D eigenvalue weighted by molar-refractivity contribution is 8.13. The molecular formula is C18H16ClN7O15S5. The summed E-state index contributed by atoms with van der Waals surface area (Å²) in [6, 6.07) is 5.92.